The Morgan fingerprint density at radius 1 is 1.10 bits per heavy atom. The van der Waals surface area contributed by atoms with Crippen LogP contribution in [-0.2, 0) is 0 Å². The van der Waals surface area contributed by atoms with Crippen LogP contribution in [0, 0.1) is 0 Å². The molecule has 1 aliphatic rings. The molecule has 0 saturated heterocycles. The number of aromatic nitrogens is 1. The molecule has 0 fully saturated rings. The fraction of sp³-hybridized carbons (Fsp3) is 0.188. The van der Waals surface area contributed by atoms with Crippen LogP contribution in [0.2, 0.25) is 0 Å². The van der Waals surface area contributed by atoms with E-state index in [-0.39, 0.29) is 5.91 Å². The predicted octanol–water partition coefficient (Wildman–Crippen LogP) is 2.07. The summed E-state index contributed by atoms with van der Waals surface area (Å²) in [6.07, 6.45) is 4.35. The molecule has 3 rings (SSSR count). The molecule has 0 atom stereocenters. The van der Waals surface area contributed by atoms with E-state index < -0.39 is 0 Å². The van der Waals surface area contributed by atoms with E-state index in [0.29, 0.717) is 5.56 Å². The van der Waals surface area contributed by atoms with Crippen molar-refractivity contribution >= 4 is 17.4 Å². The first kappa shape index (κ1) is 13.3. The molecule has 1 aromatic carbocycles. The van der Waals surface area contributed by atoms with Crippen molar-refractivity contribution < 1.29 is 4.79 Å². The average molecular weight is 280 g/mol. The summed E-state index contributed by atoms with van der Waals surface area (Å²) in [7, 11) is 0. The Morgan fingerprint density at radius 3 is 2.52 bits per heavy atom. The van der Waals surface area contributed by atoms with Gasteiger partial charge in [-0.1, -0.05) is 12.1 Å². The molecule has 1 aliphatic heterocycles. The number of aliphatic imine (C=N–C) groups is 1. The van der Waals surface area contributed by atoms with Gasteiger partial charge in [-0.2, -0.15) is 0 Å². The first-order chi connectivity index (χ1) is 10.3. The van der Waals surface area contributed by atoms with E-state index in [0.717, 1.165) is 36.6 Å². The number of rotatable bonds is 3. The van der Waals surface area contributed by atoms with E-state index in [1.54, 1.807) is 24.5 Å². The zero-order valence-corrected chi connectivity index (χ0v) is 11.5. The van der Waals surface area contributed by atoms with Crippen LogP contribution in [0.5, 0.6) is 0 Å². The van der Waals surface area contributed by atoms with Gasteiger partial charge in [0.25, 0.3) is 5.91 Å². The van der Waals surface area contributed by atoms with Crippen LogP contribution in [0.3, 0.4) is 0 Å². The summed E-state index contributed by atoms with van der Waals surface area (Å²) in [6.45, 7) is 1.80. The summed E-state index contributed by atoms with van der Waals surface area (Å²) < 4.78 is 0. The third kappa shape index (κ3) is 3.25. The Kier molecular flexibility index (Phi) is 3.91. The second-order valence-electron chi connectivity index (χ2n) is 4.78. The van der Waals surface area contributed by atoms with E-state index in [1.807, 2.05) is 24.3 Å². The molecule has 0 unspecified atom stereocenters. The van der Waals surface area contributed by atoms with Gasteiger partial charge in [0, 0.05) is 42.3 Å². The lowest BCUT2D eigenvalue weighted by atomic mass is 10.1. The Bertz CT molecular complexity index is 650. The maximum atomic E-state index is 12.1. The number of amidine groups is 1. The number of amides is 1. The van der Waals surface area contributed by atoms with Crippen molar-refractivity contribution in [2.24, 2.45) is 4.99 Å². The molecule has 1 aromatic heterocycles. The first-order valence-electron chi connectivity index (χ1n) is 6.93. The summed E-state index contributed by atoms with van der Waals surface area (Å²) in [5, 5.41) is 6.10. The van der Waals surface area contributed by atoms with Crippen LogP contribution in [0.25, 0.3) is 0 Å². The SMILES string of the molecule is O=C(Nc1ccncc1)c1ccc(C2=NCCCN2)cc1. The Balaban J connectivity index is 1.72. The number of benzene rings is 1. The quantitative estimate of drug-likeness (QED) is 0.904. The van der Waals surface area contributed by atoms with Crippen LogP contribution in [-0.4, -0.2) is 29.8 Å². The third-order valence-corrected chi connectivity index (χ3v) is 3.26. The number of carbonyl (C=O) groups excluding carboxylic acids is 1. The highest BCUT2D eigenvalue weighted by Gasteiger charge is 2.09. The second kappa shape index (κ2) is 6.17. The van der Waals surface area contributed by atoms with Gasteiger partial charge in [0.1, 0.15) is 5.84 Å². The summed E-state index contributed by atoms with van der Waals surface area (Å²) in [4.78, 5) is 20.5. The maximum absolute atomic E-state index is 12.1. The van der Waals surface area contributed by atoms with Gasteiger partial charge in [-0.3, -0.25) is 14.8 Å². The molecule has 0 bridgehead atoms. The summed E-state index contributed by atoms with van der Waals surface area (Å²) in [5.74, 6) is 0.772. The zero-order valence-electron chi connectivity index (χ0n) is 11.5. The summed E-state index contributed by atoms with van der Waals surface area (Å²) in [6, 6.07) is 11.0. The van der Waals surface area contributed by atoms with Gasteiger partial charge in [-0.05, 0) is 30.7 Å². The molecule has 5 heteroatoms. The Labute approximate surface area is 123 Å². The van der Waals surface area contributed by atoms with Crippen LogP contribution < -0.4 is 10.6 Å². The van der Waals surface area contributed by atoms with E-state index in [1.165, 1.54) is 0 Å². The highest BCUT2D eigenvalue weighted by molar-refractivity contribution is 6.05. The van der Waals surface area contributed by atoms with Crippen LogP contribution >= 0.6 is 0 Å². The van der Waals surface area contributed by atoms with E-state index in [2.05, 4.69) is 20.6 Å². The Hall–Kier alpha value is -2.69. The lowest BCUT2D eigenvalue weighted by molar-refractivity contribution is 0.102. The molecule has 0 radical (unpaired) electrons. The number of pyridine rings is 1. The van der Waals surface area contributed by atoms with Crippen LogP contribution in [0.4, 0.5) is 5.69 Å². The Morgan fingerprint density at radius 2 is 1.86 bits per heavy atom. The van der Waals surface area contributed by atoms with Gasteiger partial charge < -0.3 is 10.6 Å². The third-order valence-electron chi connectivity index (χ3n) is 3.26. The van der Waals surface area contributed by atoms with Crippen LogP contribution in [0.15, 0.2) is 53.8 Å². The monoisotopic (exact) mass is 280 g/mol. The van der Waals surface area contributed by atoms with E-state index in [9.17, 15) is 4.79 Å². The largest absolute Gasteiger partial charge is 0.370 e. The van der Waals surface area contributed by atoms with E-state index >= 15 is 0 Å². The van der Waals surface area contributed by atoms with Crippen molar-refractivity contribution in [2.75, 3.05) is 18.4 Å². The fourth-order valence-corrected chi connectivity index (χ4v) is 2.14. The van der Waals surface area contributed by atoms with Crippen molar-refractivity contribution in [3.05, 3.63) is 59.9 Å². The van der Waals surface area contributed by atoms with E-state index in [4.69, 9.17) is 0 Å². The van der Waals surface area contributed by atoms with Crippen molar-refractivity contribution in [2.45, 2.75) is 6.42 Å². The van der Waals surface area contributed by atoms with Gasteiger partial charge in [-0.25, -0.2) is 0 Å². The second-order valence-corrected chi connectivity index (χ2v) is 4.78. The number of hydrogen-bond acceptors (Lipinski definition) is 4. The molecule has 2 aromatic rings. The van der Waals surface area contributed by atoms with Gasteiger partial charge in [0.15, 0.2) is 0 Å². The van der Waals surface area contributed by atoms with Gasteiger partial charge in [-0.15, -0.1) is 0 Å². The number of carbonyl (C=O) groups is 1. The predicted molar refractivity (Wildman–Crippen MR) is 82.7 cm³/mol. The maximum Gasteiger partial charge on any atom is 0.255 e. The molecular weight excluding hydrogens is 264 g/mol. The summed E-state index contributed by atoms with van der Waals surface area (Å²) in [5.41, 5.74) is 2.36. The van der Waals surface area contributed by atoms with Gasteiger partial charge in [0.2, 0.25) is 0 Å². The smallest absolute Gasteiger partial charge is 0.255 e. The van der Waals surface area contributed by atoms with Crippen molar-refractivity contribution in [3.63, 3.8) is 0 Å². The molecule has 2 heterocycles. The molecule has 5 nitrogen and oxygen atoms in total. The van der Waals surface area contributed by atoms with Crippen molar-refractivity contribution in [1.82, 2.24) is 10.3 Å². The van der Waals surface area contributed by atoms with Crippen molar-refractivity contribution in [1.29, 1.82) is 0 Å². The molecular formula is C16H16N4O. The first-order valence-corrected chi connectivity index (χ1v) is 6.93. The molecule has 1 amide bonds. The van der Waals surface area contributed by atoms with Gasteiger partial charge in [0.05, 0.1) is 0 Å². The standard InChI is InChI=1S/C16H16N4O/c21-16(20-14-6-10-17-11-7-14)13-4-2-12(3-5-13)15-18-8-1-9-19-15/h2-7,10-11H,1,8-9H2,(H,18,19)(H,17,20,21). The minimum Gasteiger partial charge on any atom is -0.370 e. The lowest BCUT2D eigenvalue weighted by Gasteiger charge is -2.14. The highest BCUT2D eigenvalue weighted by Crippen LogP contribution is 2.10. The number of hydrogen-bond donors (Lipinski definition) is 2. The normalized spacial score (nSPS) is 14.0. The topological polar surface area (TPSA) is 66.4 Å². The minimum atomic E-state index is -0.133. The molecule has 0 aliphatic carbocycles. The molecule has 106 valence electrons. The molecule has 0 spiro atoms. The lowest BCUT2D eigenvalue weighted by Crippen LogP contribution is -2.30. The van der Waals surface area contributed by atoms with Crippen molar-refractivity contribution in [3.8, 4) is 0 Å². The molecule has 2 N–H and O–H groups in total. The molecule has 21 heavy (non-hydrogen) atoms. The minimum absolute atomic E-state index is 0.133. The number of nitrogens with one attached hydrogen (secondary N) is 2. The zero-order chi connectivity index (χ0) is 14.5. The number of nitrogens with zero attached hydrogens (tertiary/aromatic N) is 2. The summed E-state index contributed by atoms with van der Waals surface area (Å²) >= 11 is 0. The van der Waals surface area contributed by atoms with Crippen LogP contribution in [0.1, 0.15) is 22.3 Å². The fourth-order valence-electron chi connectivity index (χ4n) is 2.14. The average Bonchev–Trinajstić information content (AvgIpc) is 2.57. The highest BCUT2D eigenvalue weighted by atomic mass is 16.1. The molecule has 0 saturated carbocycles. The number of anilines is 1. The van der Waals surface area contributed by atoms with Gasteiger partial charge >= 0.3 is 0 Å².